The minimum absolute atomic E-state index is 0.0119. The van der Waals surface area contributed by atoms with Gasteiger partial charge in [-0.1, -0.05) is 0 Å². The smallest absolute Gasteiger partial charge is 0.405 e. The number of hydrogen-bond acceptors (Lipinski definition) is 4. The van der Waals surface area contributed by atoms with Crippen molar-refractivity contribution < 1.29 is 19.1 Å². The monoisotopic (exact) mass is 159 g/mol. The summed E-state index contributed by atoms with van der Waals surface area (Å²) < 4.78 is 9.32. The lowest BCUT2D eigenvalue weighted by Gasteiger charge is -2.19. The van der Waals surface area contributed by atoms with Gasteiger partial charge in [-0.2, -0.15) is 0 Å². The predicted molar refractivity (Wildman–Crippen MR) is 34.9 cm³/mol. The fourth-order valence-corrected chi connectivity index (χ4v) is 0.882. The van der Waals surface area contributed by atoms with Crippen molar-refractivity contribution in [2.75, 3.05) is 13.2 Å². The Labute approximate surface area is 63.4 Å². The summed E-state index contributed by atoms with van der Waals surface area (Å²) in [6, 6.07) is 0. The highest BCUT2D eigenvalue weighted by Crippen LogP contribution is 2.06. The number of ether oxygens (including phenoxy) is 2. The molecule has 0 aromatic rings. The average Bonchev–Trinajstić information content (AvgIpc) is 1.93. The maximum Gasteiger partial charge on any atom is 0.405 e. The highest BCUT2D eigenvalue weighted by atomic mass is 16.6. The number of hydrogen-bond donors (Lipinski definition) is 1. The fraction of sp³-hybridized carbons (Fsp3) is 0.667. The molecule has 62 valence electrons. The quantitative estimate of drug-likeness (QED) is 0.556. The summed E-state index contributed by atoms with van der Waals surface area (Å²) in [7, 11) is 0. The fourth-order valence-electron chi connectivity index (χ4n) is 0.882. The molecule has 1 saturated heterocycles. The third-order valence-electron chi connectivity index (χ3n) is 1.39. The SMILES string of the molecule is NC(=O)OC1CCOCC1=O. The molecule has 2 N–H and O–H groups in total. The van der Waals surface area contributed by atoms with E-state index in [1.54, 1.807) is 0 Å². The van der Waals surface area contributed by atoms with E-state index < -0.39 is 12.2 Å². The Morgan fingerprint density at radius 1 is 1.73 bits per heavy atom. The van der Waals surface area contributed by atoms with Crippen molar-refractivity contribution in [2.45, 2.75) is 12.5 Å². The molecule has 0 saturated carbocycles. The second kappa shape index (κ2) is 3.34. The van der Waals surface area contributed by atoms with E-state index in [4.69, 9.17) is 10.5 Å². The number of nitrogens with two attached hydrogens (primary N) is 1. The summed E-state index contributed by atoms with van der Waals surface area (Å²) in [5.74, 6) is -0.227. The molecule has 1 heterocycles. The van der Waals surface area contributed by atoms with E-state index in [2.05, 4.69) is 4.74 Å². The minimum atomic E-state index is -0.912. The molecule has 5 heteroatoms. The highest BCUT2D eigenvalue weighted by molar-refractivity contribution is 5.86. The van der Waals surface area contributed by atoms with Gasteiger partial charge in [0.25, 0.3) is 0 Å². The van der Waals surface area contributed by atoms with Crippen LogP contribution < -0.4 is 5.73 Å². The van der Waals surface area contributed by atoms with Gasteiger partial charge < -0.3 is 15.2 Å². The molecule has 0 aromatic heterocycles. The van der Waals surface area contributed by atoms with Gasteiger partial charge in [0, 0.05) is 6.42 Å². The molecular formula is C6H9NO4. The molecule has 0 bridgehead atoms. The zero-order chi connectivity index (χ0) is 8.27. The largest absolute Gasteiger partial charge is 0.438 e. The van der Waals surface area contributed by atoms with Gasteiger partial charge in [0.05, 0.1) is 6.61 Å². The van der Waals surface area contributed by atoms with E-state index in [1.807, 2.05) is 0 Å². The van der Waals surface area contributed by atoms with Crippen molar-refractivity contribution in [2.24, 2.45) is 5.73 Å². The van der Waals surface area contributed by atoms with Crippen LogP contribution in [-0.4, -0.2) is 31.2 Å². The lowest BCUT2D eigenvalue weighted by atomic mass is 10.1. The number of rotatable bonds is 1. The summed E-state index contributed by atoms with van der Waals surface area (Å²) in [4.78, 5) is 21.1. The molecule has 0 spiro atoms. The molecule has 1 atom stereocenters. The average molecular weight is 159 g/mol. The van der Waals surface area contributed by atoms with Crippen LogP contribution in [0.4, 0.5) is 4.79 Å². The molecule has 1 fully saturated rings. The third kappa shape index (κ3) is 2.19. The van der Waals surface area contributed by atoms with Crippen LogP contribution in [0.25, 0.3) is 0 Å². The van der Waals surface area contributed by atoms with Gasteiger partial charge in [0.2, 0.25) is 0 Å². The van der Waals surface area contributed by atoms with Crippen molar-refractivity contribution in [1.82, 2.24) is 0 Å². The van der Waals surface area contributed by atoms with Crippen LogP contribution in [0, 0.1) is 0 Å². The molecule has 0 aliphatic carbocycles. The van der Waals surface area contributed by atoms with E-state index in [0.29, 0.717) is 13.0 Å². The van der Waals surface area contributed by atoms with Crippen LogP contribution in [0.5, 0.6) is 0 Å². The van der Waals surface area contributed by atoms with Crippen LogP contribution >= 0.6 is 0 Å². The number of Topliss-reactive ketones (excluding diaryl/α,β-unsaturated/α-hetero) is 1. The topological polar surface area (TPSA) is 78.6 Å². The van der Waals surface area contributed by atoms with Crippen molar-refractivity contribution in [3.05, 3.63) is 0 Å². The number of primary amides is 1. The maximum atomic E-state index is 10.9. The number of carbonyl (C=O) groups excluding carboxylic acids is 2. The molecule has 1 aliphatic heterocycles. The first-order chi connectivity index (χ1) is 5.20. The Balaban J connectivity index is 2.42. The Kier molecular flexibility index (Phi) is 2.43. The van der Waals surface area contributed by atoms with E-state index >= 15 is 0 Å². The predicted octanol–water partition coefficient (Wildman–Crippen LogP) is -0.560. The van der Waals surface area contributed by atoms with Crippen LogP contribution in [0.2, 0.25) is 0 Å². The van der Waals surface area contributed by atoms with Crippen molar-refractivity contribution in [1.29, 1.82) is 0 Å². The molecule has 1 amide bonds. The van der Waals surface area contributed by atoms with Gasteiger partial charge in [0.1, 0.15) is 6.61 Å². The van der Waals surface area contributed by atoms with Crippen LogP contribution in [0.3, 0.4) is 0 Å². The lowest BCUT2D eigenvalue weighted by molar-refractivity contribution is -0.138. The first kappa shape index (κ1) is 8.00. The van der Waals surface area contributed by atoms with Gasteiger partial charge in [-0.05, 0) is 0 Å². The second-order valence-electron chi connectivity index (χ2n) is 2.23. The van der Waals surface area contributed by atoms with Crippen LogP contribution in [-0.2, 0) is 14.3 Å². The van der Waals surface area contributed by atoms with Gasteiger partial charge in [-0.25, -0.2) is 4.79 Å². The molecule has 1 aliphatic rings. The van der Waals surface area contributed by atoms with E-state index in [9.17, 15) is 9.59 Å². The standard InChI is InChI=1S/C6H9NO4/c7-6(9)11-5-1-2-10-3-4(5)8/h5H,1-3H2,(H2,7,9). The van der Waals surface area contributed by atoms with E-state index in [1.165, 1.54) is 0 Å². The molecule has 0 radical (unpaired) electrons. The number of carbonyl (C=O) groups is 2. The van der Waals surface area contributed by atoms with Gasteiger partial charge in [-0.3, -0.25) is 4.79 Å². The Morgan fingerprint density at radius 2 is 2.45 bits per heavy atom. The Morgan fingerprint density at radius 3 is 3.00 bits per heavy atom. The summed E-state index contributed by atoms with van der Waals surface area (Å²) in [5, 5.41) is 0. The Bertz CT molecular complexity index is 179. The van der Waals surface area contributed by atoms with E-state index in [-0.39, 0.29) is 12.4 Å². The molecule has 1 rings (SSSR count). The first-order valence-electron chi connectivity index (χ1n) is 3.26. The minimum Gasteiger partial charge on any atom is -0.438 e. The third-order valence-corrected chi connectivity index (χ3v) is 1.39. The van der Waals surface area contributed by atoms with E-state index in [0.717, 1.165) is 0 Å². The Hall–Kier alpha value is -1.10. The molecular weight excluding hydrogens is 150 g/mol. The van der Waals surface area contributed by atoms with Crippen molar-refractivity contribution in [3.8, 4) is 0 Å². The lowest BCUT2D eigenvalue weighted by Crippen LogP contribution is -2.37. The summed E-state index contributed by atoms with van der Waals surface area (Å²) in [6.07, 6.45) is -1.20. The molecule has 0 aromatic carbocycles. The molecule has 11 heavy (non-hydrogen) atoms. The van der Waals surface area contributed by atoms with Crippen LogP contribution in [0.1, 0.15) is 6.42 Å². The molecule has 5 nitrogen and oxygen atoms in total. The number of amides is 1. The van der Waals surface area contributed by atoms with Gasteiger partial charge >= 0.3 is 6.09 Å². The second-order valence-corrected chi connectivity index (χ2v) is 2.23. The summed E-state index contributed by atoms with van der Waals surface area (Å²) >= 11 is 0. The zero-order valence-corrected chi connectivity index (χ0v) is 5.91. The van der Waals surface area contributed by atoms with Crippen molar-refractivity contribution in [3.63, 3.8) is 0 Å². The molecule has 1 unspecified atom stereocenters. The van der Waals surface area contributed by atoms with Crippen LogP contribution in [0.15, 0.2) is 0 Å². The summed E-state index contributed by atoms with van der Waals surface area (Å²) in [6.45, 7) is 0.446. The van der Waals surface area contributed by atoms with Gasteiger partial charge in [0.15, 0.2) is 11.9 Å². The maximum absolute atomic E-state index is 10.9. The normalized spacial score (nSPS) is 24.7. The zero-order valence-electron chi connectivity index (χ0n) is 5.91. The number of ketones is 1. The van der Waals surface area contributed by atoms with Crippen molar-refractivity contribution >= 4 is 11.9 Å². The first-order valence-corrected chi connectivity index (χ1v) is 3.26. The summed E-state index contributed by atoms with van der Waals surface area (Å²) in [5.41, 5.74) is 4.73. The van der Waals surface area contributed by atoms with Gasteiger partial charge in [-0.15, -0.1) is 0 Å². The highest BCUT2D eigenvalue weighted by Gasteiger charge is 2.25.